The zero-order valence-electron chi connectivity index (χ0n) is 11.5. The van der Waals surface area contributed by atoms with Crippen LogP contribution in [-0.4, -0.2) is 17.7 Å². The number of nitrogens with two attached hydrogens (primary N) is 1. The van der Waals surface area contributed by atoms with E-state index in [9.17, 15) is 14.4 Å². The molecule has 4 atom stereocenters. The Labute approximate surface area is 131 Å². The molecular weight excluding hydrogens is 304 g/mol. The molecule has 0 spiro atoms. The quantitative estimate of drug-likeness (QED) is 0.666. The largest absolute Gasteiger partial charge is 0.366 e. The molecule has 1 aliphatic heterocycles. The van der Waals surface area contributed by atoms with E-state index in [4.69, 9.17) is 17.3 Å². The maximum atomic E-state index is 12.7. The molecule has 2 bridgehead atoms. The third-order valence-corrected chi connectivity index (χ3v) is 5.26. The number of carbonyl (C=O) groups excluding carboxylic acids is 3. The van der Waals surface area contributed by atoms with Crippen molar-refractivity contribution >= 4 is 35.0 Å². The number of benzene rings is 1. The van der Waals surface area contributed by atoms with Gasteiger partial charge in [0, 0.05) is 5.56 Å². The monoisotopic (exact) mass is 316 g/mol. The van der Waals surface area contributed by atoms with Crippen LogP contribution in [0.25, 0.3) is 0 Å². The standard InChI is InChI=1S/C16H13ClN2O3/c17-10-4-3-9(14(18)20)6-11(10)19-15(21)12-7-1-2-8(5-7)13(12)16(19)22/h1-4,6-8,12-13H,5H2,(H2,18,20)/t7-,8+,12-,13-/m0/s1. The average Bonchev–Trinajstić information content (AvgIpc) is 3.14. The summed E-state index contributed by atoms with van der Waals surface area (Å²) >= 11 is 6.14. The molecule has 1 heterocycles. The molecular formula is C16H13ClN2O3. The lowest BCUT2D eigenvalue weighted by molar-refractivity contribution is -0.123. The number of halogens is 1. The molecule has 22 heavy (non-hydrogen) atoms. The van der Waals surface area contributed by atoms with Crippen LogP contribution in [0, 0.1) is 23.7 Å². The normalized spacial score (nSPS) is 32.0. The Morgan fingerprint density at radius 2 is 1.73 bits per heavy atom. The summed E-state index contributed by atoms with van der Waals surface area (Å²) in [7, 11) is 0. The van der Waals surface area contributed by atoms with E-state index in [1.165, 1.54) is 18.2 Å². The van der Waals surface area contributed by atoms with Gasteiger partial charge in [0.1, 0.15) is 0 Å². The second kappa shape index (κ2) is 4.43. The van der Waals surface area contributed by atoms with Crippen molar-refractivity contribution in [2.45, 2.75) is 6.42 Å². The van der Waals surface area contributed by atoms with E-state index in [0.717, 1.165) is 11.3 Å². The summed E-state index contributed by atoms with van der Waals surface area (Å²) in [5.74, 6) is -1.40. The van der Waals surface area contributed by atoms with Gasteiger partial charge in [0.25, 0.3) is 0 Å². The van der Waals surface area contributed by atoms with E-state index in [1.807, 2.05) is 12.2 Å². The van der Waals surface area contributed by atoms with Crippen molar-refractivity contribution in [2.24, 2.45) is 29.4 Å². The topological polar surface area (TPSA) is 80.5 Å². The van der Waals surface area contributed by atoms with Crippen molar-refractivity contribution in [1.82, 2.24) is 0 Å². The molecule has 0 unspecified atom stereocenters. The molecule has 4 rings (SSSR count). The molecule has 1 saturated carbocycles. The number of allylic oxidation sites excluding steroid dienone is 2. The maximum Gasteiger partial charge on any atom is 0.248 e. The number of hydrogen-bond donors (Lipinski definition) is 1. The van der Waals surface area contributed by atoms with Gasteiger partial charge in [0.15, 0.2) is 0 Å². The molecule has 2 fully saturated rings. The predicted octanol–water partition coefficient (Wildman–Crippen LogP) is 1.75. The minimum atomic E-state index is -0.626. The molecule has 0 aromatic heterocycles. The first kappa shape index (κ1) is 13.5. The lowest BCUT2D eigenvalue weighted by atomic mass is 9.85. The van der Waals surface area contributed by atoms with E-state index in [1.54, 1.807) is 0 Å². The second-order valence-electron chi connectivity index (χ2n) is 6.04. The third-order valence-electron chi connectivity index (χ3n) is 4.94. The summed E-state index contributed by atoms with van der Waals surface area (Å²) < 4.78 is 0. The predicted molar refractivity (Wildman–Crippen MR) is 80.2 cm³/mol. The second-order valence-corrected chi connectivity index (χ2v) is 6.45. The fraction of sp³-hybridized carbons (Fsp3) is 0.312. The van der Waals surface area contributed by atoms with Gasteiger partial charge in [0.2, 0.25) is 17.7 Å². The van der Waals surface area contributed by atoms with Gasteiger partial charge in [-0.3, -0.25) is 14.4 Å². The Morgan fingerprint density at radius 1 is 1.14 bits per heavy atom. The van der Waals surface area contributed by atoms with Crippen LogP contribution in [0.2, 0.25) is 5.02 Å². The van der Waals surface area contributed by atoms with Crippen molar-refractivity contribution in [3.8, 4) is 0 Å². The van der Waals surface area contributed by atoms with Crippen LogP contribution in [0.3, 0.4) is 0 Å². The van der Waals surface area contributed by atoms with E-state index in [-0.39, 0.29) is 51.8 Å². The lowest BCUT2D eigenvalue weighted by Gasteiger charge is -2.19. The Balaban J connectivity index is 1.79. The van der Waals surface area contributed by atoms with Crippen molar-refractivity contribution in [1.29, 1.82) is 0 Å². The molecule has 1 aromatic rings. The highest BCUT2D eigenvalue weighted by Crippen LogP contribution is 2.53. The Morgan fingerprint density at radius 3 is 2.27 bits per heavy atom. The van der Waals surface area contributed by atoms with Gasteiger partial charge in [-0.2, -0.15) is 0 Å². The van der Waals surface area contributed by atoms with Crippen LogP contribution in [0.5, 0.6) is 0 Å². The number of hydrogen-bond acceptors (Lipinski definition) is 3. The average molecular weight is 317 g/mol. The van der Waals surface area contributed by atoms with Crippen molar-refractivity contribution < 1.29 is 14.4 Å². The Hall–Kier alpha value is -2.14. The highest BCUT2D eigenvalue weighted by molar-refractivity contribution is 6.36. The summed E-state index contributed by atoms with van der Waals surface area (Å²) in [6.45, 7) is 0. The summed E-state index contributed by atoms with van der Waals surface area (Å²) in [6.07, 6.45) is 4.93. The fourth-order valence-corrected chi connectivity index (χ4v) is 4.18. The smallest absolute Gasteiger partial charge is 0.248 e. The van der Waals surface area contributed by atoms with Crippen LogP contribution in [-0.2, 0) is 9.59 Å². The first-order valence-corrected chi connectivity index (χ1v) is 7.52. The molecule has 3 aliphatic rings. The summed E-state index contributed by atoms with van der Waals surface area (Å²) in [5, 5.41) is 0.256. The lowest BCUT2D eigenvalue weighted by Crippen LogP contribution is -2.33. The van der Waals surface area contributed by atoms with Gasteiger partial charge in [-0.05, 0) is 36.5 Å². The first-order valence-electron chi connectivity index (χ1n) is 7.14. The number of nitrogens with zero attached hydrogens (tertiary/aromatic N) is 1. The Kier molecular flexibility index (Phi) is 2.72. The van der Waals surface area contributed by atoms with Crippen LogP contribution >= 0.6 is 11.6 Å². The van der Waals surface area contributed by atoms with Crippen LogP contribution < -0.4 is 10.6 Å². The SMILES string of the molecule is NC(=O)c1ccc(Cl)c(N2C(=O)[C@@H]3[C@@H](C2=O)[C@H]2C=C[C@@H]3C2)c1. The summed E-state index contributed by atoms with van der Waals surface area (Å²) in [5.41, 5.74) is 5.74. The molecule has 5 nitrogen and oxygen atoms in total. The van der Waals surface area contributed by atoms with Crippen LogP contribution in [0.1, 0.15) is 16.8 Å². The zero-order chi connectivity index (χ0) is 15.6. The summed E-state index contributed by atoms with van der Waals surface area (Å²) in [6, 6.07) is 4.38. The van der Waals surface area contributed by atoms with Crippen LogP contribution in [0.4, 0.5) is 5.69 Å². The molecule has 2 aliphatic carbocycles. The number of amides is 3. The molecule has 1 saturated heterocycles. The molecule has 2 N–H and O–H groups in total. The van der Waals surface area contributed by atoms with Gasteiger partial charge in [-0.15, -0.1) is 0 Å². The van der Waals surface area contributed by atoms with Crippen molar-refractivity contribution in [3.63, 3.8) is 0 Å². The van der Waals surface area contributed by atoms with E-state index in [2.05, 4.69) is 0 Å². The minimum Gasteiger partial charge on any atom is -0.366 e. The number of imide groups is 1. The van der Waals surface area contributed by atoms with Crippen LogP contribution in [0.15, 0.2) is 30.4 Å². The van der Waals surface area contributed by atoms with Gasteiger partial charge < -0.3 is 5.73 Å². The van der Waals surface area contributed by atoms with E-state index < -0.39 is 5.91 Å². The van der Waals surface area contributed by atoms with Gasteiger partial charge in [0.05, 0.1) is 22.5 Å². The molecule has 112 valence electrons. The fourth-order valence-electron chi connectivity index (χ4n) is 3.98. The molecule has 1 aromatic carbocycles. The number of anilines is 1. The molecule has 0 radical (unpaired) electrons. The maximum absolute atomic E-state index is 12.7. The number of fused-ring (bicyclic) bond motifs is 5. The molecule has 3 amide bonds. The molecule has 6 heteroatoms. The van der Waals surface area contributed by atoms with Crippen molar-refractivity contribution in [3.05, 3.63) is 40.9 Å². The minimum absolute atomic E-state index is 0.134. The number of primary amides is 1. The van der Waals surface area contributed by atoms with Gasteiger partial charge in [-0.25, -0.2) is 4.90 Å². The summed E-state index contributed by atoms with van der Waals surface area (Å²) in [4.78, 5) is 37.9. The van der Waals surface area contributed by atoms with E-state index >= 15 is 0 Å². The van der Waals surface area contributed by atoms with Gasteiger partial charge >= 0.3 is 0 Å². The van der Waals surface area contributed by atoms with Gasteiger partial charge in [-0.1, -0.05) is 23.8 Å². The van der Waals surface area contributed by atoms with Crippen molar-refractivity contribution in [2.75, 3.05) is 4.90 Å². The zero-order valence-corrected chi connectivity index (χ0v) is 12.3. The van der Waals surface area contributed by atoms with E-state index in [0.29, 0.717) is 0 Å². The number of rotatable bonds is 2. The first-order chi connectivity index (χ1) is 10.5. The Bertz CT molecular complexity index is 728. The number of carbonyl (C=O) groups is 3. The third kappa shape index (κ3) is 1.63. The highest BCUT2D eigenvalue weighted by atomic mass is 35.5. The highest BCUT2D eigenvalue weighted by Gasteiger charge is 2.59.